The predicted octanol–water partition coefficient (Wildman–Crippen LogP) is 3.65. The Kier molecular flexibility index (Phi) is 7.81. The maximum absolute atomic E-state index is 13.3. The van der Waals surface area contributed by atoms with Gasteiger partial charge in [-0.15, -0.1) is 12.4 Å². The number of benzene rings is 2. The van der Waals surface area contributed by atoms with Crippen molar-refractivity contribution in [3.8, 4) is 11.5 Å². The number of nitrogens with one attached hydrogen (secondary N) is 1. The maximum Gasteiger partial charge on any atom is 0.262 e. The molecule has 1 unspecified atom stereocenters. The second kappa shape index (κ2) is 9.89. The lowest BCUT2D eigenvalue weighted by Gasteiger charge is -2.22. The molecule has 0 bridgehead atoms. The van der Waals surface area contributed by atoms with Crippen LogP contribution >= 0.6 is 12.4 Å². The quantitative estimate of drug-likeness (QED) is 0.734. The van der Waals surface area contributed by atoms with Gasteiger partial charge in [0.1, 0.15) is 6.61 Å². The molecule has 2 aromatic rings. The minimum absolute atomic E-state index is 0. The van der Waals surface area contributed by atoms with E-state index in [1.54, 1.807) is 26.3 Å². The summed E-state index contributed by atoms with van der Waals surface area (Å²) in [7, 11) is 3.15. The van der Waals surface area contributed by atoms with Gasteiger partial charge in [-0.3, -0.25) is 10.1 Å². The van der Waals surface area contributed by atoms with Gasteiger partial charge < -0.3 is 14.4 Å². The summed E-state index contributed by atoms with van der Waals surface area (Å²) in [5.41, 5.74) is 1.87. The third-order valence-corrected chi connectivity index (χ3v) is 4.67. The topological polar surface area (TPSA) is 50.8 Å². The molecule has 1 amide bonds. The van der Waals surface area contributed by atoms with Gasteiger partial charge in [0, 0.05) is 20.0 Å². The summed E-state index contributed by atoms with van der Waals surface area (Å²) < 4.78 is 37.9. The van der Waals surface area contributed by atoms with Gasteiger partial charge in [0.25, 0.3) is 5.92 Å². The van der Waals surface area contributed by atoms with Crippen molar-refractivity contribution in [2.24, 2.45) is 0 Å². The highest BCUT2D eigenvalue weighted by Gasteiger charge is 2.43. The molecule has 0 saturated carbocycles. The molecular formula is C21H25ClF2N2O3. The van der Waals surface area contributed by atoms with E-state index in [1.165, 1.54) is 4.90 Å². The van der Waals surface area contributed by atoms with E-state index in [9.17, 15) is 13.6 Å². The molecule has 8 heteroatoms. The maximum atomic E-state index is 13.3. The number of nitrogens with zero attached hydrogens (tertiary/aromatic N) is 1. The third-order valence-electron chi connectivity index (χ3n) is 4.67. The Hall–Kier alpha value is -2.38. The van der Waals surface area contributed by atoms with Crippen LogP contribution in [0.15, 0.2) is 48.5 Å². The predicted molar refractivity (Wildman–Crippen MR) is 109 cm³/mol. The smallest absolute Gasteiger partial charge is 0.262 e. The zero-order valence-electron chi connectivity index (χ0n) is 16.4. The first-order valence-corrected chi connectivity index (χ1v) is 9.08. The summed E-state index contributed by atoms with van der Waals surface area (Å²) in [5, 5.41) is 2.59. The molecule has 0 radical (unpaired) electrons. The molecule has 5 nitrogen and oxygen atoms in total. The first kappa shape index (κ1) is 22.9. The molecule has 29 heavy (non-hydrogen) atoms. The Morgan fingerprint density at radius 1 is 1.17 bits per heavy atom. The average molecular weight is 427 g/mol. The van der Waals surface area contributed by atoms with Crippen molar-refractivity contribution in [1.82, 2.24) is 10.2 Å². The second-order valence-corrected chi connectivity index (χ2v) is 6.95. The van der Waals surface area contributed by atoms with Crippen LogP contribution in [0.1, 0.15) is 17.5 Å². The van der Waals surface area contributed by atoms with Crippen molar-refractivity contribution < 1.29 is 23.0 Å². The number of alkyl halides is 2. The molecule has 0 aliphatic carbocycles. The van der Waals surface area contributed by atoms with Crippen molar-refractivity contribution in [1.29, 1.82) is 0 Å². The molecule has 2 aromatic carbocycles. The highest BCUT2D eigenvalue weighted by molar-refractivity contribution is 5.85. The normalized spacial score (nSPS) is 17.3. The van der Waals surface area contributed by atoms with E-state index >= 15 is 0 Å². The number of ether oxygens (including phenoxy) is 2. The first-order valence-electron chi connectivity index (χ1n) is 9.08. The van der Waals surface area contributed by atoms with E-state index in [4.69, 9.17) is 9.47 Å². The summed E-state index contributed by atoms with van der Waals surface area (Å²) in [6, 6.07) is 14.3. The number of hydrogen-bond acceptors (Lipinski definition) is 4. The highest BCUT2D eigenvalue weighted by Crippen LogP contribution is 2.30. The van der Waals surface area contributed by atoms with Gasteiger partial charge in [0.05, 0.1) is 19.7 Å². The molecule has 1 fully saturated rings. The minimum Gasteiger partial charge on any atom is -0.493 e. The van der Waals surface area contributed by atoms with Gasteiger partial charge in [-0.1, -0.05) is 36.4 Å². The van der Waals surface area contributed by atoms with E-state index in [0.29, 0.717) is 18.1 Å². The molecule has 1 aliphatic rings. The van der Waals surface area contributed by atoms with Crippen LogP contribution in [0.5, 0.6) is 11.5 Å². The van der Waals surface area contributed by atoms with Crippen LogP contribution in [0.2, 0.25) is 0 Å². The SMILES string of the molecule is COc1cc(CN(C)C(=O)C2CC(F)(F)CN2)ccc1OCc1ccccc1.Cl. The van der Waals surface area contributed by atoms with Gasteiger partial charge in [-0.25, -0.2) is 8.78 Å². The molecule has 0 aromatic heterocycles. The first-order chi connectivity index (χ1) is 13.4. The molecule has 1 saturated heterocycles. The number of hydrogen-bond donors (Lipinski definition) is 1. The van der Waals surface area contributed by atoms with Crippen LogP contribution < -0.4 is 14.8 Å². The molecule has 158 valence electrons. The summed E-state index contributed by atoms with van der Waals surface area (Å²) in [6.07, 6.45) is -0.467. The Labute approximate surface area is 175 Å². The zero-order valence-corrected chi connectivity index (χ0v) is 17.2. The van der Waals surface area contributed by atoms with E-state index in [0.717, 1.165) is 11.1 Å². The number of carbonyl (C=O) groups is 1. The molecular weight excluding hydrogens is 402 g/mol. The van der Waals surface area contributed by atoms with Crippen LogP contribution in [-0.4, -0.2) is 43.5 Å². The molecule has 1 atom stereocenters. The van der Waals surface area contributed by atoms with E-state index < -0.39 is 24.9 Å². The van der Waals surface area contributed by atoms with Crippen LogP contribution in [0, 0.1) is 0 Å². The number of amides is 1. The van der Waals surface area contributed by atoms with Gasteiger partial charge in [-0.05, 0) is 23.3 Å². The van der Waals surface area contributed by atoms with E-state index in [2.05, 4.69) is 5.32 Å². The number of carbonyl (C=O) groups excluding carboxylic acids is 1. The Balaban J connectivity index is 0.00000300. The van der Waals surface area contributed by atoms with E-state index in [1.807, 2.05) is 36.4 Å². The van der Waals surface area contributed by atoms with Crippen molar-refractivity contribution in [2.45, 2.75) is 31.5 Å². The second-order valence-electron chi connectivity index (χ2n) is 6.95. The van der Waals surface area contributed by atoms with Crippen LogP contribution in [0.4, 0.5) is 8.78 Å². The van der Waals surface area contributed by atoms with Crippen LogP contribution in [0.25, 0.3) is 0 Å². The number of likely N-dealkylation sites (N-methyl/N-ethyl adjacent to an activating group) is 1. The van der Waals surface area contributed by atoms with Crippen LogP contribution in [0.3, 0.4) is 0 Å². The van der Waals surface area contributed by atoms with Crippen molar-refractivity contribution in [2.75, 3.05) is 20.7 Å². The summed E-state index contributed by atoms with van der Waals surface area (Å²) in [5.74, 6) is -2.02. The van der Waals surface area contributed by atoms with Gasteiger partial charge in [0.2, 0.25) is 5.91 Å². The fraction of sp³-hybridized carbons (Fsp3) is 0.381. The van der Waals surface area contributed by atoms with Crippen molar-refractivity contribution >= 4 is 18.3 Å². The third kappa shape index (κ3) is 6.05. The standard InChI is InChI=1S/C21H24F2N2O3.ClH/c1-25(20(26)17-11-21(22,23)14-24-17)12-16-8-9-18(19(10-16)27-2)28-13-15-6-4-3-5-7-15;/h3-10,17,24H,11-14H2,1-2H3;1H. The lowest BCUT2D eigenvalue weighted by Crippen LogP contribution is -2.41. The Morgan fingerprint density at radius 2 is 1.90 bits per heavy atom. The fourth-order valence-corrected chi connectivity index (χ4v) is 3.17. The van der Waals surface area contributed by atoms with E-state index in [-0.39, 0.29) is 24.9 Å². The largest absolute Gasteiger partial charge is 0.493 e. The Bertz CT molecular complexity index is 821. The van der Waals surface area contributed by atoms with Crippen molar-refractivity contribution in [3.63, 3.8) is 0 Å². The highest BCUT2D eigenvalue weighted by atomic mass is 35.5. The molecule has 3 rings (SSSR count). The van der Waals surface area contributed by atoms with Gasteiger partial charge in [-0.2, -0.15) is 0 Å². The number of methoxy groups -OCH3 is 1. The minimum atomic E-state index is -2.83. The average Bonchev–Trinajstić information content (AvgIpc) is 3.06. The lowest BCUT2D eigenvalue weighted by atomic mass is 10.1. The summed E-state index contributed by atoms with van der Waals surface area (Å²) >= 11 is 0. The fourth-order valence-electron chi connectivity index (χ4n) is 3.17. The lowest BCUT2D eigenvalue weighted by molar-refractivity contribution is -0.132. The van der Waals surface area contributed by atoms with Crippen LogP contribution in [-0.2, 0) is 17.9 Å². The molecule has 0 spiro atoms. The van der Waals surface area contributed by atoms with Gasteiger partial charge in [0.15, 0.2) is 11.5 Å². The molecule has 1 aliphatic heterocycles. The van der Waals surface area contributed by atoms with Crippen molar-refractivity contribution in [3.05, 3.63) is 59.7 Å². The summed E-state index contributed by atoms with van der Waals surface area (Å²) in [6.45, 7) is 0.243. The molecule has 1 N–H and O–H groups in total. The zero-order chi connectivity index (χ0) is 20.1. The molecule has 1 heterocycles. The number of rotatable bonds is 7. The Morgan fingerprint density at radius 3 is 2.52 bits per heavy atom. The number of halogens is 3. The monoisotopic (exact) mass is 426 g/mol. The van der Waals surface area contributed by atoms with Gasteiger partial charge >= 0.3 is 0 Å². The summed E-state index contributed by atoms with van der Waals surface area (Å²) in [4.78, 5) is 13.8.